The van der Waals surface area contributed by atoms with Gasteiger partial charge in [-0.15, -0.1) is 0 Å². The Hall–Kier alpha value is -3.37. The van der Waals surface area contributed by atoms with Gasteiger partial charge in [-0.2, -0.15) is 5.10 Å². The van der Waals surface area contributed by atoms with Crippen molar-refractivity contribution in [3.05, 3.63) is 52.0 Å². The zero-order valence-corrected chi connectivity index (χ0v) is 19.3. The number of anilines is 2. The first kappa shape index (κ1) is 21.5. The van der Waals surface area contributed by atoms with Gasteiger partial charge in [-0.3, -0.25) is 9.59 Å². The highest BCUT2D eigenvalue weighted by Crippen LogP contribution is 2.35. The normalized spacial score (nSPS) is 13.6. The van der Waals surface area contributed by atoms with Crippen LogP contribution in [0.5, 0.6) is 5.75 Å². The van der Waals surface area contributed by atoms with Crippen LogP contribution in [0.1, 0.15) is 12.8 Å². The van der Waals surface area contributed by atoms with E-state index in [1.807, 2.05) is 0 Å². The predicted molar refractivity (Wildman–Crippen MR) is 127 cm³/mol. The van der Waals surface area contributed by atoms with E-state index in [0.717, 1.165) is 35.7 Å². The molecule has 3 aromatic heterocycles. The van der Waals surface area contributed by atoms with Gasteiger partial charge in [-0.25, -0.2) is 9.67 Å². The summed E-state index contributed by atoms with van der Waals surface area (Å²) in [5, 5.41) is 8.42. The minimum Gasteiger partial charge on any atom is -0.495 e. The number of fused-ring (bicyclic) bond motifs is 1. The largest absolute Gasteiger partial charge is 0.495 e. The number of halogens is 1. The molecule has 0 aliphatic carbocycles. The first-order chi connectivity index (χ1) is 16.0. The number of thiazole rings is 1. The third-order valence-electron chi connectivity index (χ3n) is 5.35. The topological polar surface area (TPSA) is 102 Å². The molecule has 1 aliphatic rings. The molecule has 1 amide bonds. The molecule has 1 aliphatic heterocycles. The van der Waals surface area contributed by atoms with Crippen molar-refractivity contribution >= 4 is 49.9 Å². The number of furan rings is 1. The quantitative estimate of drug-likeness (QED) is 0.440. The van der Waals surface area contributed by atoms with Crippen LogP contribution in [0.2, 0.25) is 5.02 Å². The number of nitrogens with zero attached hydrogens (tertiary/aromatic N) is 4. The summed E-state index contributed by atoms with van der Waals surface area (Å²) in [5.74, 6) is 0.502. The minimum absolute atomic E-state index is 0.274. The number of ether oxygens (including phenoxy) is 1. The lowest BCUT2D eigenvalue weighted by Crippen LogP contribution is -2.30. The van der Waals surface area contributed by atoms with Crippen molar-refractivity contribution in [3.63, 3.8) is 0 Å². The molecule has 1 fully saturated rings. The highest BCUT2D eigenvalue weighted by Gasteiger charge is 2.23. The zero-order valence-electron chi connectivity index (χ0n) is 17.7. The van der Waals surface area contributed by atoms with E-state index < -0.39 is 11.5 Å². The minimum atomic E-state index is -0.454. The van der Waals surface area contributed by atoms with Crippen LogP contribution in [0.25, 0.3) is 21.7 Å². The fourth-order valence-electron chi connectivity index (χ4n) is 3.78. The lowest BCUT2D eigenvalue weighted by molar-refractivity contribution is -0.117. The van der Waals surface area contributed by atoms with Crippen LogP contribution in [0.3, 0.4) is 0 Å². The molecule has 1 aromatic carbocycles. The molecule has 0 saturated carbocycles. The van der Waals surface area contributed by atoms with Crippen LogP contribution in [0.4, 0.5) is 10.8 Å². The summed E-state index contributed by atoms with van der Waals surface area (Å²) in [6.07, 6.45) is 3.73. The van der Waals surface area contributed by atoms with E-state index in [1.165, 1.54) is 18.4 Å². The van der Waals surface area contributed by atoms with Gasteiger partial charge in [-0.05, 0) is 43.2 Å². The number of benzene rings is 1. The number of aromatic nitrogens is 3. The molecule has 170 valence electrons. The van der Waals surface area contributed by atoms with Crippen molar-refractivity contribution < 1.29 is 13.9 Å². The van der Waals surface area contributed by atoms with E-state index in [1.54, 1.807) is 36.6 Å². The number of hydrogen-bond donors (Lipinski definition) is 1. The Morgan fingerprint density at radius 2 is 2.12 bits per heavy atom. The Balaban J connectivity index is 1.53. The van der Waals surface area contributed by atoms with Crippen molar-refractivity contribution in [3.8, 4) is 17.2 Å². The second-order valence-electron chi connectivity index (χ2n) is 7.55. The fraction of sp³-hybridized carbons (Fsp3) is 0.273. The number of methoxy groups -OCH3 is 1. The van der Waals surface area contributed by atoms with E-state index >= 15 is 0 Å². The van der Waals surface area contributed by atoms with Gasteiger partial charge in [0, 0.05) is 18.1 Å². The molecule has 5 rings (SSSR count). The Bertz CT molecular complexity index is 1380. The maximum atomic E-state index is 13.2. The molecule has 0 unspecified atom stereocenters. The number of carbonyl (C=O) groups excluding carboxylic acids is 1. The molecule has 33 heavy (non-hydrogen) atoms. The predicted octanol–water partition coefficient (Wildman–Crippen LogP) is 4.01. The summed E-state index contributed by atoms with van der Waals surface area (Å²) in [4.78, 5) is 32.8. The van der Waals surface area contributed by atoms with E-state index in [4.69, 9.17) is 20.8 Å². The van der Waals surface area contributed by atoms with Gasteiger partial charge in [0.1, 0.15) is 18.0 Å². The number of amides is 1. The van der Waals surface area contributed by atoms with Gasteiger partial charge < -0.3 is 19.4 Å². The second kappa shape index (κ2) is 8.87. The number of hydrogen-bond acceptors (Lipinski definition) is 8. The monoisotopic (exact) mass is 485 g/mol. The van der Waals surface area contributed by atoms with Gasteiger partial charge in [0.25, 0.3) is 5.56 Å². The summed E-state index contributed by atoms with van der Waals surface area (Å²) in [7, 11) is 1.49. The first-order valence-corrected chi connectivity index (χ1v) is 11.6. The van der Waals surface area contributed by atoms with Crippen LogP contribution in [0, 0.1) is 0 Å². The molecular formula is C22H20ClN5O4S. The molecular weight excluding hydrogens is 466 g/mol. The Kier molecular flexibility index (Phi) is 5.77. The SMILES string of the molecule is COc1ccc(Cl)cc1NC(=O)Cn1nc(-c2ccco2)c2sc(N3CCCC3)nc2c1=O. The molecule has 11 heteroatoms. The molecule has 9 nitrogen and oxygen atoms in total. The van der Waals surface area contributed by atoms with Gasteiger partial charge in [0.15, 0.2) is 16.4 Å². The Labute approximate surface area is 197 Å². The molecule has 0 atom stereocenters. The Morgan fingerprint density at radius 3 is 2.85 bits per heavy atom. The third kappa shape index (κ3) is 4.19. The van der Waals surface area contributed by atoms with Gasteiger partial charge in [0.05, 0.1) is 23.8 Å². The van der Waals surface area contributed by atoms with E-state index in [0.29, 0.717) is 32.6 Å². The lowest BCUT2D eigenvalue weighted by Gasteiger charge is -2.11. The van der Waals surface area contributed by atoms with Crippen molar-refractivity contribution in [2.75, 3.05) is 30.4 Å². The van der Waals surface area contributed by atoms with Gasteiger partial charge in [0.2, 0.25) is 5.91 Å². The summed E-state index contributed by atoms with van der Waals surface area (Å²) < 4.78 is 12.6. The molecule has 4 aromatic rings. The smallest absolute Gasteiger partial charge is 0.294 e. The highest BCUT2D eigenvalue weighted by molar-refractivity contribution is 7.22. The summed E-state index contributed by atoms with van der Waals surface area (Å²) in [6, 6.07) is 8.40. The molecule has 0 bridgehead atoms. The van der Waals surface area contributed by atoms with Crippen LogP contribution in [0.15, 0.2) is 45.8 Å². The summed E-state index contributed by atoms with van der Waals surface area (Å²) in [5.41, 5.74) is 0.720. The molecule has 4 heterocycles. The maximum absolute atomic E-state index is 13.2. The zero-order chi connectivity index (χ0) is 22.9. The second-order valence-corrected chi connectivity index (χ2v) is 8.96. The van der Waals surface area contributed by atoms with Crippen LogP contribution in [-0.2, 0) is 11.3 Å². The molecule has 0 spiro atoms. The standard InChI is InChI=1S/C22H20ClN5O4S/c1-31-15-7-6-13(23)11-14(15)24-17(29)12-28-21(30)19-20(18(26-28)16-5-4-10-32-16)33-22(25-19)27-8-2-3-9-27/h4-7,10-11H,2-3,8-9,12H2,1H3,(H,24,29). The molecule has 1 saturated heterocycles. The number of carbonyl (C=O) groups is 1. The lowest BCUT2D eigenvalue weighted by atomic mass is 10.3. The van der Waals surface area contributed by atoms with Crippen molar-refractivity contribution in [2.45, 2.75) is 19.4 Å². The van der Waals surface area contributed by atoms with Gasteiger partial charge >= 0.3 is 0 Å². The van der Waals surface area contributed by atoms with Gasteiger partial charge in [-0.1, -0.05) is 22.9 Å². The first-order valence-electron chi connectivity index (χ1n) is 10.4. The van der Waals surface area contributed by atoms with Crippen molar-refractivity contribution in [1.29, 1.82) is 0 Å². The molecule has 1 N–H and O–H groups in total. The maximum Gasteiger partial charge on any atom is 0.294 e. The average molecular weight is 486 g/mol. The summed E-state index contributed by atoms with van der Waals surface area (Å²) >= 11 is 7.46. The summed E-state index contributed by atoms with van der Waals surface area (Å²) in [6.45, 7) is 1.50. The van der Waals surface area contributed by atoms with Crippen LogP contribution in [-0.4, -0.2) is 40.9 Å². The number of rotatable bonds is 6. The number of nitrogens with one attached hydrogen (secondary N) is 1. The Morgan fingerprint density at radius 1 is 1.30 bits per heavy atom. The fourth-order valence-corrected chi connectivity index (χ4v) is 5.05. The van der Waals surface area contributed by atoms with Crippen molar-refractivity contribution in [1.82, 2.24) is 14.8 Å². The van der Waals surface area contributed by atoms with E-state index in [9.17, 15) is 9.59 Å². The van der Waals surface area contributed by atoms with E-state index in [-0.39, 0.29) is 12.1 Å². The van der Waals surface area contributed by atoms with Crippen LogP contribution >= 0.6 is 22.9 Å². The van der Waals surface area contributed by atoms with E-state index in [2.05, 4.69) is 20.3 Å². The highest BCUT2D eigenvalue weighted by atomic mass is 35.5. The molecule has 0 radical (unpaired) electrons. The van der Waals surface area contributed by atoms with Crippen molar-refractivity contribution in [2.24, 2.45) is 0 Å². The van der Waals surface area contributed by atoms with Crippen LogP contribution < -0.4 is 20.5 Å². The average Bonchev–Trinajstić information content (AvgIpc) is 3.57. The third-order valence-corrected chi connectivity index (χ3v) is 6.71.